The number of amides is 1. The van der Waals surface area contributed by atoms with Crippen molar-refractivity contribution in [2.75, 3.05) is 19.6 Å². The largest absolute Gasteiger partial charge is 0.354 e. The Morgan fingerprint density at radius 3 is 2.15 bits per heavy atom. The average Bonchev–Trinajstić information content (AvgIpc) is 3.16. The summed E-state index contributed by atoms with van der Waals surface area (Å²) < 4.78 is 0. The quantitative estimate of drug-likeness (QED) is 0.863. The number of rotatable bonds is 5. The van der Waals surface area contributed by atoms with Gasteiger partial charge in [0.15, 0.2) is 0 Å². The lowest BCUT2D eigenvalue weighted by molar-refractivity contribution is -0.146. The molecule has 0 radical (unpaired) electrons. The summed E-state index contributed by atoms with van der Waals surface area (Å²) in [4.78, 5) is 15.9. The standard InChI is InChI=1S/C23H32N2O/c26-22(23-13-17-10-18(14-23)12-19(11-17)15-23)24-16-21(25-8-4-5-9-25)20-6-2-1-3-7-20/h1-3,6-7,17-19,21H,4-5,8-16H2,(H,24,26). The summed E-state index contributed by atoms with van der Waals surface area (Å²) in [6.07, 6.45) is 10.2. The first-order valence-electron chi connectivity index (χ1n) is 10.8. The van der Waals surface area contributed by atoms with Crippen molar-refractivity contribution >= 4 is 5.91 Å². The van der Waals surface area contributed by atoms with Crippen molar-refractivity contribution in [3.8, 4) is 0 Å². The summed E-state index contributed by atoms with van der Waals surface area (Å²) in [5.41, 5.74) is 1.32. The van der Waals surface area contributed by atoms with Crippen LogP contribution in [0.3, 0.4) is 0 Å². The first-order valence-corrected chi connectivity index (χ1v) is 10.8. The van der Waals surface area contributed by atoms with Crippen molar-refractivity contribution in [2.24, 2.45) is 23.2 Å². The molecule has 5 aliphatic rings. The Hall–Kier alpha value is -1.35. The molecule has 4 saturated carbocycles. The number of likely N-dealkylation sites (tertiary alicyclic amines) is 1. The van der Waals surface area contributed by atoms with Gasteiger partial charge in [0.1, 0.15) is 0 Å². The van der Waals surface area contributed by atoms with Crippen LogP contribution in [0.15, 0.2) is 30.3 Å². The maximum Gasteiger partial charge on any atom is 0.226 e. The predicted molar refractivity (Wildman–Crippen MR) is 104 cm³/mol. The Morgan fingerprint density at radius 2 is 1.58 bits per heavy atom. The van der Waals surface area contributed by atoms with Gasteiger partial charge >= 0.3 is 0 Å². The third-order valence-corrected chi connectivity index (χ3v) is 7.74. The molecule has 1 unspecified atom stereocenters. The van der Waals surface area contributed by atoms with E-state index in [-0.39, 0.29) is 5.41 Å². The topological polar surface area (TPSA) is 32.3 Å². The van der Waals surface area contributed by atoms with Crippen LogP contribution in [0.25, 0.3) is 0 Å². The highest BCUT2D eigenvalue weighted by Gasteiger charge is 2.54. The zero-order valence-electron chi connectivity index (χ0n) is 15.8. The van der Waals surface area contributed by atoms with Crippen LogP contribution in [0.1, 0.15) is 63.0 Å². The fourth-order valence-electron chi connectivity index (χ4n) is 6.95. The maximum absolute atomic E-state index is 13.3. The fourth-order valence-corrected chi connectivity index (χ4v) is 6.95. The van der Waals surface area contributed by atoms with E-state index in [9.17, 15) is 4.79 Å². The Morgan fingerprint density at radius 1 is 1.00 bits per heavy atom. The van der Waals surface area contributed by atoms with Crippen LogP contribution in [0.4, 0.5) is 0 Å². The second kappa shape index (κ2) is 6.67. The maximum atomic E-state index is 13.3. The van der Waals surface area contributed by atoms with Crippen molar-refractivity contribution in [3.63, 3.8) is 0 Å². The smallest absolute Gasteiger partial charge is 0.226 e. The summed E-state index contributed by atoms with van der Waals surface area (Å²) in [7, 11) is 0. The van der Waals surface area contributed by atoms with Crippen molar-refractivity contribution in [2.45, 2.75) is 57.4 Å². The number of nitrogens with one attached hydrogen (secondary N) is 1. The van der Waals surface area contributed by atoms with Gasteiger partial charge in [-0.3, -0.25) is 9.69 Å². The van der Waals surface area contributed by atoms with E-state index in [1.807, 2.05) is 0 Å². The van der Waals surface area contributed by atoms with Crippen LogP contribution in [-0.2, 0) is 4.79 Å². The predicted octanol–water partition coefficient (Wildman–Crippen LogP) is 4.16. The Balaban J connectivity index is 1.30. The highest BCUT2D eigenvalue weighted by molar-refractivity contribution is 5.83. The number of hydrogen-bond donors (Lipinski definition) is 1. The third-order valence-electron chi connectivity index (χ3n) is 7.74. The summed E-state index contributed by atoms with van der Waals surface area (Å²) >= 11 is 0. The van der Waals surface area contributed by atoms with E-state index in [0.29, 0.717) is 11.9 Å². The molecule has 1 amide bonds. The average molecular weight is 353 g/mol. The van der Waals surface area contributed by atoms with E-state index in [1.54, 1.807) is 0 Å². The lowest BCUT2D eigenvalue weighted by Crippen LogP contribution is -2.54. The van der Waals surface area contributed by atoms with Crippen LogP contribution < -0.4 is 5.32 Å². The van der Waals surface area contributed by atoms with Gasteiger partial charge in [-0.1, -0.05) is 30.3 Å². The van der Waals surface area contributed by atoms with Crippen molar-refractivity contribution < 1.29 is 4.79 Å². The highest BCUT2D eigenvalue weighted by atomic mass is 16.2. The van der Waals surface area contributed by atoms with Crippen molar-refractivity contribution in [1.29, 1.82) is 0 Å². The summed E-state index contributed by atoms with van der Waals surface area (Å²) in [5.74, 6) is 2.86. The zero-order chi connectivity index (χ0) is 17.6. The van der Waals surface area contributed by atoms with Crippen LogP contribution in [0.2, 0.25) is 0 Å². The van der Waals surface area contributed by atoms with E-state index in [4.69, 9.17) is 0 Å². The molecule has 1 aliphatic heterocycles. The first kappa shape index (κ1) is 16.8. The second-order valence-electron chi connectivity index (χ2n) is 9.58. The van der Waals surface area contributed by atoms with Gasteiger partial charge in [0.25, 0.3) is 0 Å². The minimum Gasteiger partial charge on any atom is -0.354 e. The van der Waals surface area contributed by atoms with Gasteiger partial charge in [-0.25, -0.2) is 0 Å². The Labute approximate surface area is 157 Å². The molecule has 140 valence electrons. The normalized spacial score (nSPS) is 37.0. The molecular weight excluding hydrogens is 320 g/mol. The molecule has 3 heteroatoms. The number of benzene rings is 1. The number of hydrogen-bond acceptors (Lipinski definition) is 2. The summed E-state index contributed by atoms with van der Waals surface area (Å²) in [6.45, 7) is 3.09. The molecule has 0 aromatic heterocycles. The lowest BCUT2D eigenvalue weighted by atomic mass is 9.49. The molecule has 4 bridgehead atoms. The molecule has 1 aromatic rings. The lowest BCUT2D eigenvalue weighted by Gasteiger charge is -2.55. The van der Waals surface area contributed by atoms with Gasteiger partial charge in [0.05, 0.1) is 6.04 Å². The van der Waals surface area contributed by atoms with E-state index < -0.39 is 0 Å². The van der Waals surface area contributed by atoms with Gasteiger partial charge in [-0.2, -0.15) is 0 Å². The van der Waals surface area contributed by atoms with E-state index in [0.717, 1.165) is 56.7 Å². The molecule has 1 heterocycles. The van der Waals surface area contributed by atoms with Crippen LogP contribution in [0.5, 0.6) is 0 Å². The Bertz CT molecular complexity index is 614. The van der Waals surface area contributed by atoms with Crippen LogP contribution in [0, 0.1) is 23.2 Å². The SMILES string of the molecule is O=C(NCC(c1ccccc1)N1CCCC1)C12CC3CC(CC(C3)C1)C2. The van der Waals surface area contributed by atoms with E-state index >= 15 is 0 Å². The molecule has 1 saturated heterocycles. The molecule has 1 aromatic carbocycles. The molecule has 3 nitrogen and oxygen atoms in total. The fraction of sp³-hybridized carbons (Fsp3) is 0.696. The summed E-state index contributed by atoms with van der Waals surface area (Å²) in [5, 5.41) is 3.43. The van der Waals surface area contributed by atoms with Gasteiger partial charge in [-0.05, 0) is 87.8 Å². The second-order valence-corrected chi connectivity index (χ2v) is 9.58. The first-order chi connectivity index (χ1) is 12.7. The minimum absolute atomic E-state index is 0.0268. The number of carbonyl (C=O) groups excluding carboxylic acids is 1. The van der Waals surface area contributed by atoms with Gasteiger partial charge in [0.2, 0.25) is 5.91 Å². The number of nitrogens with zero attached hydrogens (tertiary/aromatic N) is 1. The molecular formula is C23H32N2O. The van der Waals surface area contributed by atoms with Crippen LogP contribution in [-0.4, -0.2) is 30.4 Å². The van der Waals surface area contributed by atoms with Gasteiger partial charge in [0, 0.05) is 12.0 Å². The molecule has 1 N–H and O–H groups in total. The van der Waals surface area contributed by atoms with Crippen LogP contribution >= 0.6 is 0 Å². The molecule has 26 heavy (non-hydrogen) atoms. The number of carbonyl (C=O) groups is 1. The molecule has 0 spiro atoms. The molecule has 6 rings (SSSR count). The Kier molecular flexibility index (Phi) is 4.31. The zero-order valence-corrected chi connectivity index (χ0v) is 15.8. The van der Waals surface area contributed by atoms with Crippen molar-refractivity contribution in [1.82, 2.24) is 10.2 Å². The van der Waals surface area contributed by atoms with Crippen molar-refractivity contribution in [3.05, 3.63) is 35.9 Å². The molecule has 1 atom stereocenters. The molecule has 5 fully saturated rings. The summed E-state index contributed by atoms with van der Waals surface area (Å²) in [6, 6.07) is 11.1. The van der Waals surface area contributed by atoms with E-state index in [2.05, 4.69) is 40.5 Å². The highest BCUT2D eigenvalue weighted by Crippen LogP contribution is 2.60. The third kappa shape index (κ3) is 2.98. The minimum atomic E-state index is -0.0268. The van der Waals surface area contributed by atoms with Gasteiger partial charge < -0.3 is 5.32 Å². The van der Waals surface area contributed by atoms with Gasteiger partial charge in [-0.15, -0.1) is 0 Å². The van der Waals surface area contributed by atoms with E-state index in [1.165, 1.54) is 37.7 Å². The monoisotopic (exact) mass is 352 g/mol. The molecule has 4 aliphatic carbocycles.